The number of carbonyl (C=O) groups excluding carboxylic acids is 1. The zero-order valence-corrected chi connectivity index (χ0v) is 15.0. The number of hydrogen-bond donors (Lipinski definition) is 1. The zero-order valence-electron chi connectivity index (χ0n) is 15.0. The van der Waals surface area contributed by atoms with Crippen molar-refractivity contribution in [2.24, 2.45) is 0 Å². The number of carbonyl (C=O) groups is 1. The van der Waals surface area contributed by atoms with Crippen molar-refractivity contribution in [2.45, 2.75) is 25.6 Å². The van der Waals surface area contributed by atoms with Gasteiger partial charge in [0, 0.05) is 57.2 Å². The van der Waals surface area contributed by atoms with Crippen molar-refractivity contribution < 1.29 is 4.79 Å². The molecule has 0 aromatic carbocycles. The molecule has 0 saturated carbocycles. The molecular weight excluding hydrogens is 340 g/mol. The van der Waals surface area contributed by atoms with Crippen molar-refractivity contribution in [1.82, 2.24) is 30.0 Å². The summed E-state index contributed by atoms with van der Waals surface area (Å²) in [6, 6.07) is 9.90. The molecule has 4 rings (SSSR count). The Labute approximate surface area is 158 Å². The summed E-state index contributed by atoms with van der Waals surface area (Å²) in [6.45, 7) is 3.22. The van der Waals surface area contributed by atoms with Crippen molar-refractivity contribution in [3.8, 4) is 0 Å². The van der Waals surface area contributed by atoms with Crippen LogP contribution in [-0.4, -0.2) is 43.6 Å². The molecule has 4 heterocycles. The van der Waals surface area contributed by atoms with Crippen molar-refractivity contribution in [1.29, 1.82) is 0 Å². The molecule has 0 bridgehead atoms. The number of pyridine rings is 2. The smallest absolute Gasteiger partial charge is 0.252 e. The van der Waals surface area contributed by atoms with Gasteiger partial charge >= 0.3 is 0 Å². The highest BCUT2D eigenvalue weighted by Crippen LogP contribution is 2.24. The fourth-order valence-electron chi connectivity index (χ4n) is 3.50. The van der Waals surface area contributed by atoms with Crippen LogP contribution in [0.15, 0.2) is 61.3 Å². The first-order valence-electron chi connectivity index (χ1n) is 9.11. The number of aromatic nitrogens is 4. The summed E-state index contributed by atoms with van der Waals surface area (Å²) in [7, 11) is 0. The van der Waals surface area contributed by atoms with E-state index >= 15 is 0 Å². The predicted octanol–water partition coefficient (Wildman–Crippen LogP) is 2.05. The second kappa shape index (κ2) is 8.09. The van der Waals surface area contributed by atoms with E-state index in [0.717, 1.165) is 26.1 Å². The van der Waals surface area contributed by atoms with Crippen molar-refractivity contribution in [2.75, 3.05) is 13.1 Å². The molecule has 0 spiro atoms. The van der Waals surface area contributed by atoms with Crippen LogP contribution in [0.5, 0.6) is 0 Å². The summed E-state index contributed by atoms with van der Waals surface area (Å²) in [4.78, 5) is 22.8. The van der Waals surface area contributed by atoms with Gasteiger partial charge in [0.15, 0.2) is 0 Å². The molecule has 1 aliphatic rings. The summed E-state index contributed by atoms with van der Waals surface area (Å²) in [5.74, 6) is -0.0909. The van der Waals surface area contributed by atoms with Crippen LogP contribution in [-0.2, 0) is 13.1 Å². The number of nitrogens with one attached hydrogen (secondary N) is 1. The number of rotatable bonds is 6. The summed E-state index contributed by atoms with van der Waals surface area (Å²) in [6.07, 6.45) is 9.62. The van der Waals surface area contributed by atoms with E-state index in [9.17, 15) is 4.79 Å². The van der Waals surface area contributed by atoms with Gasteiger partial charge < -0.3 is 5.32 Å². The first-order chi connectivity index (χ1) is 13.3. The van der Waals surface area contributed by atoms with Gasteiger partial charge in [-0.1, -0.05) is 6.07 Å². The average molecular weight is 362 g/mol. The van der Waals surface area contributed by atoms with Crippen LogP contribution in [0.2, 0.25) is 0 Å². The van der Waals surface area contributed by atoms with Crippen LogP contribution in [0.25, 0.3) is 0 Å². The van der Waals surface area contributed by atoms with E-state index in [2.05, 4.69) is 42.1 Å². The largest absolute Gasteiger partial charge is 0.352 e. The second-order valence-electron chi connectivity index (χ2n) is 6.74. The topological polar surface area (TPSA) is 75.9 Å². The molecule has 0 unspecified atom stereocenters. The highest BCUT2D eigenvalue weighted by Gasteiger charge is 2.25. The lowest BCUT2D eigenvalue weighted by molar-refractivity contribution is 0.0946. The Morgan fingerprint density at radius 3 is 2.74 bits per heavy atom. The molecule has 1 aliphatic heterocycles. The number of fused-ring (bicyclic) bond motifs is 1. The molecule has 138 valence electrons. The third kappa shape index (κ3) is 4.20. The highest BCUT2D eigenvalue weighted by atomic mass is 16.1. The molecule has 0 saturated heterocycles. The predicted molar refractivity (Wildman–Crippen MR) is 101 cm³/mol. The fraction of sp³-hybridized carbons (Fsp3) is 0.300. The molecule has 0 fully saturated rings. The molecule has 27 heavy (non-hydrogen) atoms. The lowest BCUT2D eigenvalue weighted by Gasteiger charge is -2.34. The van der Waals surface area contributed by atoms with Crippen LogP contribution in [0.4, 0.5) is 0 Å². The molecule has 3 aromatic rings. The summed E-state index contributed by atoms with van der Waals surface area (Å²) in [5.41, 5.74) is 2.99. The molecule has 0 aliphatic carbocycles. The van der Waals surface area contributed by atoms with Gasteiger partial charge in [0.25, 0.3) is 5.91 Å². The minimum Gasteiger partial charge on any atom is -0.352 e. The van der Waals surface area contributed by atoms with E-state index in [0.29, 0.717) is 12.1 Å². The minimum atomic E-state index is -0.0909. The van der Waals surface area contributed by atoms with Crippen LogP contribution in [0.3, 0.4) is 0 Å². The van der Waals surface area contributed by atoms with E-state index in [-0.39, 0.29) is 11.9 Å². The molecule has 1 N–H and O–H groups in total. The Morgan fingerprint density at radius 1 is 1.11 bits per heavy atom. The van der Waals surface area contributed by atoms with Crippen molar-refractivity contribution in [3.63, 3.8) is 0 Å². The van der Waals surface area contributed by atoms with E-state index in [1.807, 2.05) is 18.5 Å². The Hall–Kier alpha value is -3.06. The van der Waals surface area contributed by atoms with Gasteiger partial charge in [-0.2, -0.15) is 5.10 Å². The molecule has 7 heteroatoms. The Kier molecular flexibility index (Phi) is 5.20. The van der Waals surface area contributed by atoms with Crippen LogP contribution < -0.4 is 5.32 Å². The standard InChI is InChI=1S/C20H22N6O/c27-20(17-4-2-8-22-12-17)23-9-5-18-14-25(13-16-3-1-7-21-11-16)15-19-6-10-24-26(18)19/h1-4,6-8,10-12,18H,5,9,13-15H2,(H,23,27)/t18-/m1/s1. The van der Waals surface area contributed by atoms with E-state index in [1.165, 1.54) is 11.3 Å². The Balaban J connectivity index is 1.37. The van der Waals surface area contributed by atoms with Crippen molar-refractivity contribution >= 4 is 5.91 Å². The molecule has 1 atom stereocenters. The zero-order chi connectivity index (χ0) is 18.5. The van der Waals surface area contributed by atoms with Crippen LogP contribution >= 0.6 is 0 Å². The maximum absolute atomic E-state index is 12.2. The van der Waals surface area contributed by atoms with Crippen LogP contribution in [0.1, 0.15) is 34.1 Å². The highest BCUT2D eigenvalue weighted by molar-refractivity contribution is 5.93. The second-order valence-corrected chi connectivity index (χ2v) is 6.74. The quantitative estimate of drug-likeness (QED) is 0.726. The van der Waals surface area contributed by atoms with E-state index < -0.39 is 0 Å². The van der Waals surface area contributed by atoms with Gasteiger partial charge in [-0.15, -0.1) is 0 Å². The average Bonchev–Trinajstić information content (AvgIpc) is 3.18. The van der Waals surface area contributed by atoms with Crippen LogP contribution in [0, 0.1) is 0 Å². The van der Waals surface area contributed by atoms with Crippen molar-refractivity contribution in [3.05, 3.63) is 78.1 Å². The summed E-state index contributed by atoms with van der Waals surface area (Å²) < 4.78 is 2.09. The van der Waals surface area contributed by atoms with Gasteiger partial charge in [-0.3, -0.25) is 24.3 Å². The SMILES string of the molecule is O=C(NCC[C@@H]1CN(Cc2cccnc2)Cc2ccnn21)c1cccnc1. The third-order valence-electron chi connectivity index (χ3n) is 4.77. The molecule has 0 radical (unpaired) electrons. The van der Waals surface area contributed by atoms with E-state index in [1.54, 1.807) is 30.7 Å². The van der Waals surface area contributed by atoms with Gasteiger partial charge in [-0.05, 0) is 36.2 Å². The van der Waals surface area contributed by atoms with Gasteiger partial charge in [0.05, 0.1) is 17.3 Å². The number of hydrogen-bond acceptors (Lipinski definition) is 5. The summed E-state index contributed by atoms with van der Waals surface area (Å²) >= 11 is 0. The Bertz CT molecular complexity index is 880. The molecule has 7 nitrogen and oxygen atoms in total. The number of amides is 1. The maximum atomic E-state index is 12.2. The van der Waals surface area contributed by atoms with Gasteiger partial charge in [0.1, 0.15) is 0 Å². The molecular formula is C20H22N6O. The minimum absolute atomic E-state index is 0.0909. The molecule has 3 aromatic heterocycles. The maximum Gasteiger partial charge on any atom is 0.252 e. The first-order valence-corrected chi connectivity index (χ1v) is 9.11. The third-order valence-corrected chi connectivity index (χ3v) is 4.77. The first kappa shape index (κ1) is 17.4. The Morgan fingerprint density at radius 2 is 1.96 bits per heavy atom. The normalized spacial score (nSPS) is 16.7. The van der Waals surface area contributed by atoms with Gasteiger partial charge in [0.2, 0.25) is 0 Å². The molecule has 1 amide bonds. The summed E-state index contributed by atoms with van der Waals surface area (Å²) in [5, 5.41) is 7.48. The van der Waals surface area contributed by atoms with Gasteiger partial charge in [-0.25, -0.2) is 0 Å². The lowest BCUT2D eigenvalue weighted by atomic mass is 10.1. The van der Waals surface area contributed by atoms with E-state index in [4.69, 9.17) is 0 Å². The number of nitrogens with zero attached hydrogens (tertiary/aromatic N) is 5. The lowest BCUT2D eigenvalue weighted by Crippen LogP contribution is -2.39. The monoisotopic (exact) mass is 362 g/mol. The fourth-order valence-corrected chi connectivity index (χ4v) is 3.50.